The standard InChI is InChI=1S/C14H23NO2/c1-9-5-6-14(17)13(7-9)12(4)15-11(3)10(2)8-16/h5-7,10-12,15-17H,8H2,1-4H3. The summed E-state index contributed by atoms with van der Waals surface area (Å²) < 4.78 is 0. The number of phenols is 1. The molecule has 0 aromatic heterocycles. The Morgan fingerprint density at radius 3 is 2.47 bits per heavy atom. The van der Waals surface area contributed by atoms with Gasteiger partial charge < -0.3 is 15.5 Å². The molecule has 3 heteroatoms. The highest BCUT2D eigenvalue weighted by Crippen LogP contribution is 2.25. The molecule has 0 heterocycles. The van der Waals surface area contributed by atoms with E-state index in [-0.39, 0.29) is 24.6 Å². The first-order valence-corrected chi connectivity index (χ1v) is 6.12. The predicted octanol–water partition coefficient (Wildman–Crippen LogP) is 2.37. The molecule has 0 aliphatic heterocycles. The van der Waals surface area contributed by atoms with Crippen LogP contribution < -0.4 is 5.32 Å². The quantitative estimate of drug-likeness (QED) is 0.737. The van der Waals surface area contributed by atoms with Crippen LogP contribution in [0.1, 0.15) is 37.9 Å². The van der Waals surface area contributed by atoms with Crippen molar-refractivity contribution in [2.75, 3.05) is 6.61 Å². The van der Waals surface area contributed by atoms with E-state index in [1.165, 1.54) is 0 Å². The van der Waals surface area contributed by atoms with Crippen LogP contribution >= 0.6 is 0 Å². The van der Waals surface area contributed by atoms with Crippen molar-refractivity contribution >= 4 is 0 Å². The first-order chi connectivity index (χ1) is 7.95. The lowest BCUT2D eigenvalue weighted by molar-refractivity contribution is 0.202. The fraction of sp³-hybridized carbons (Fsp3) is 0.571. The Balaban J connectivity index is 2.75. The Morgan fingerprint density at radius 2 is 1.88 bits per heavy atom. The Labute approximate surface area is 103 Å². The molecule has 3 nitrogen and oxygen atoms in total. The van der Waals surface area contributed by atoms with Crippen molar-refractivity contribution in [2.24, 2.45) is 5.92 Å². The summed E-state index contributed by atoms with van der Waals surface area (Å²) in [7, 11) is 0. The Hall–Kier alpha value is -1.06. The van der Waals surface area contributed by atoms with Crippen LogP contribution in [0.15, 0.2) is 18.2 Å². The average Bonchev–Trinajstić information content (AvgIpc) is 2.30. The minimum atomic E-state index is 0.0684. The summed E-state index contributed by atoms with van der Waals surface area (Å²) in [5.74, 6) is 0.517. The zero-order valence-corrected chi connectivity index (χ0v) is 11.1. The van der Waals surface area contributed by atoms with E-state index in [2.05, 4.69) is 5.32 Å². The van der Waals surface area contributed by atoms with Gasteiger partial charge in [-0.15, -0.1) is 0 Å². The molecule has 3 atom stereocenters. The zero-order chi connectivity index (χ0) is 13.0. The lowest BCUT2D eigenvalue weighted by Gasteiger charge is -2.25. The van der Waals surface area contributed by atoms with Crippen LogP contribution in [-0.2, 0) is 0 Å². The van der Waals surface area contributed by atoms with Crippen LogP contribution in [0, 0.1) is 12.8 Å². The molecule has 0 aliphatic rings. The van der Waals surface area contributed by atoms with Crippen molar-refractivity contribution in [3.63, 3.8) is 0 Å². The molecule has 0 radical (unpaired) electrons. The number of hydrogen-bond donors (Lipinski definition) is 3. The van der Waals surface area contributed by atoms with Crippen molar-refractivity contribution in [1.29, 1.82) is 0 Å². The summed E-state index contributed by atoms with van der Waals surface area (Å²) in [6.45, 7) is 8.25. The summed E-state index contributed by atoms with van der Waals surface area (Å²) >= 11 is 0. The van der Waals surface area contributed by atoms with Gasteiger partial charge in [0.25, 0.3) is 0 Å². The molecule has 0 fully saturated rings. The Bertz CT molecular complexity index is 365. The number of nitrogens with one attached hydrogen (secondary N) is 1. The van der Waals surface area contributed by atoms with Crippen LogP contribution in [-0.4, -0.2) is 22.9 Å². The number of benzene rings is 1. The summed E-state index contributed by atoms with van der Waals surface area (Å²) in [6.07, 6.45) is 0. The molecule has 1 aromatic carbocycles. The molecule has 3 unspecified atom stereocenters. The number of aliphatic hydroxyl groups excluding tert-OH is 1. The van der Waals surface area contributed by atoms with Crippen LogP contribution in [0.2, 0.25) is 0 Å². The van der Waals surface area contributed by atoms with Crippen molar-refractivity contribution in [1.82, 2.24) is 5.32 Å². The molecule has 1 rings (SSSR count). The molecule has 3 N–H and O–H groups in total. The van der Waals surface area contributed by atoms with Crippen LogP contribution in [0.5, 0.6) is 5.75 Å². The molecule has 0 bridgehead atoms. The second-order valence-electron chi connectivity index (χ2n) is 4.90. The van der Waals surface area contributed by atoms with Crippen LogP contribution in [0.4, 0.5) is 0 Å². The smallest absolute Gasteiger partial charge is 0.120 e. The Morgan fingerprint density at radius 1 is 1.24 bits per heavy atom. The van der Waals surface area contributed by atoms with Gasteiger partial charge in [-0.05, 0) is 32.8 Å². The van der Waals surface area contributed by atoms with Crippen LogP contribution in [0.3, 0.4) is 0 Å². The number of aliphatic hydroxyl groups is 1. The summed E-state index contributed by atoms with van der Waals surface area (Å²) in [4.78, 5) is 0. The maximum absolute atomic E-state index is 9.82. The second kappa shape index (κ2) is 6.03. The molecule has 0 saturated carbocycles. The molecule has 96 valence electrons. The van der Waals surface area contributed by atoms with E-state index in [0.29, 0.717) is 5.75 Å². The Kier molecular flexibility index (Phi) is 4.97. The van der Waals surface area contributed by atoms with Crippen molar-refractivity contribution in [3.05, 3.63) is 29.3 Å². The van der Waals surface area contributed by atoms with Gasteiger partial charge in [0, 0.05) is 24.3 Å². The maximum Gasteiger partial charge on any atom is 0.120 e. The van der Waals surface area contributed by atoms with Crippen LogP contribution in [0.25, 0.3) is 0 Å². The predicted molar refractivity (Wildman–Crippen MR) is 70.1 cm³/mol. The van der Waals surface area contributed by atoms with Gasteiger partial charge in [0.05, 0.1) is 0 Å². The summed E-state index contributed by atoms with van der Waals surface area (Å²) in [6, 6.07) is 5.88. The summed E-state index contributed by atoms with van der Waals surface area (Å²) in [5.41, 5.74) is 2.04. The molecule has 0 spiro atoms. The molecule has 0 saturated heterocycles. The van der Waals surface area contributed by atoms with E-state index in [9.17, 15) is 5.11 Å². The van der Waals surface area contributed by atoms with E-state index in [4.69, 9.17) is 5.11 Å². The molecule has 17 heavy (non-hydrogen) atoms. The second-order valence-corrected chi connectivity index (χ2v) is 4.90. The SMILES string of the molecule is Cc1ccc(O)c(C(C)NC(C)C(C)CO)c1. The van der Waals surface area contributed by atoms with Gasteiger partial charge in [-0.25, -0.2) is 0 Å². The fourth-order valence-corrected chi connectivity index (χ4v) is 1.83. The van der Waals surface area contributed by atoms with E-state index in [0.717, 1.165) is 11.1 Å². The van der Waals surface area contributed by atoms with Gasteiger partial charge in [-0.2, -0.15) is 0 Å². The fourth-order valence-electron chi connectivity index (χ4n) is 1.83. The normalized spacial score (nSPS) is 16.5. The number of phenolic OH excluding ortho intramolecular Hbond substituents is 1. The van der Waals surface area contributed by atoms with E-state index < -0.39 is 0 Å². The minimum Gasteiger partial charge on any atom is -0.508 e. The number of hydrogen-bond acceptors (Lipinski definition) is 3. The van der Waals surface area contributed by atoms with Gasteiger partial charge in [-0.1, -0.05) is 24.6 Å². The van der Waals surface area contributed by atoms with Gasteiger partial charge >= 0.3 is 0 Å². The first kappa shape index (κ1) is 14.0. The highest BCUT2D eigenvalue weighted by molar-refractivity contribution is 5.37. The third-order valence-corrected chi connectivity index (χ3v) is 3.30. The van der Waals surface area contributed by atoms with E-state index in [1.54, 1.807) is 6.07 Å². The lowest BCUT2D eigenvalue weighted by Crippen LogP contribution is -2.35. The minimum absolute atomic E-state index is 0.0684. The summed E-state index contributed by atoms with van der Waals surface area (Å²) in [5, 5.41) is 22.3. The average molecular weight is 237 g/mol. The van der Waals surface area contributed by atoms with Crippen molar-refractivity contribution < 1.29 is 10.2 Å². The third-order valence-electron chi connectivity index (χ3n) is 3.30. The largest absolute Gasteiger partial charge is 0.508 e. The highest BCUT2D eigenvalue weighted by Gasteiger charge is 2.16. The topological polar surface area (TPSA) is 52.5 Å². The molecular weight excluding hydrogens is 214 g/mol. The van der Waals surface area contributed by atoms with Gasteiger partial charge in [-0.3, -0.25) is 0 Å². The highest BCUT2D eigenvalue weighted by atomic mass is 16.3. The maximum atomic E-state index is 9.82. The molecule has 0 aliphatic carbocycles. The van der Waals surface area contributed by atoms with E-state index >= 15 is 0 Å². The van der Waals surface area contributed by atoms with Crippen molar-refractivity contribution in [3.8, 4) is 5.75 Å². The van der Waals surface area contributed by atoms with Gasteiger partial charge in [0.1, 0.15) is 5.75 Å². The van der Waals surface area contributed by atoms with Gasteiger partial charge in [0.2, 0.25) is 0 Å². The first-order valence-electron chi connectivity index (χ1n) is 6.12. The third kappa shape index (κ3) is 3.72. The molecule has 1 aromatic rings. The monoisotopic (exact) mass is 237 g/mol. The van der Waals surface area contributed by atoms with E-state index in [1.807, 2.05) is 39.8 Å². The number of aryl methyl sites for hydroxylation is 1. The lowest BCUT2D eigenvalue weighted by atomic mass is 10.00. The number of rotatable bonds is 5. The van der Waals surface area contributed by atoms with Gasteiger partial charge in [0.15, 0.2) is 0 Å². The number of aromatic hydroxyl groups is 1. The molecule has 0 amide bonds. The molecular formula is C14H23NO2. The zero-order valence-electron chi connectivity index (χ0n) is 11.1. The van der Waals surface area contributed by atoms with Crippen molar-refractivity contribution in [2.45, 2.75) is 39.8 Å².